The summed E-state index contributed by atoms with van der Waals surface area (Å²) in [5, 5.41) is 0. The molecule has 0 amide bonds. The van der Waals surface area contributed by atoms with Crippen LogP contribution in [0.4, 0.5) is 0 Å². The molecule has 0 saturated heterocycles. The van der Waals surface area contributed by atoms with E-state index in [2.05, 4.69) is 2.64 Å². The average Bonchev–Trinajstić information content (AvgIpc) is 2.06. The van der Waals surface area contributed by atoms with Gasteiger partial charge in [-0.25, -0.2) is 0 Å². The molecule has 5 nitrogen and oxygen atoms in total. The third-order valence-corrected chi connectivity index (χ3v) is 3.39. The van der Waals surface area contributed by atoms with E-state index in [4.69, 9.17) is 13.9 Å². The van der Waals surface area contributed by atoms with Crippen molar-refractivity contribution >= 4 is 14.6 Å². The fourth-order valence-electron chi connectivity index (χ4n) is 0.289. The van der Waals surface area contributed by atoms with Gasteiger partial charge in [0.25, 0.3) is 0 Å². The summed E-state index contributed by atoms with van der Waals surface area (Å²) in [6.45, 7) is 6.09. The van der Waals surface area contributed by atoms with Crippen molar-refractivity contribution in [2.75, 3.05) is 13.2 Å². The number of carbonyl (C=O) groups is 1. The van der Waals surface area contributed by atoms with E-state index in [1.54, 1.807) is 0 Å². The second-order valence-corrected chi connectivity index (χ2v) is 4.00. The van der Waals surface area contributed by atoms with Crippen LogP contribution in [0.3, 0.4) is 0 Å². The van der Waals surface area contributed by atoms with Gasteiger partial charge in [0, 0.05) is 0 Å². The van der Waals surface area contributed by atoms with Gasteiger partial charge in [-0.15, -0.1) is 0 Å². The van der Waals surface area contributed by atoms with Crippen molar-refractivity contribution in [3.63, 3.8) is 0 Å². The topological polar surface area (TPSA) is 65.0 Å². The average molecular weight is 399 g/mol. The van der Waals surface area contributed by atoms with E-state index >= 15 is 0 Å². The number of hydrogen-bond acceptors (Lipinski definition) is 5. The first-order valence-electron chi connectivity index (χ1n) is 3.82. The molecular weight excluding hydrogens is 384 g/mol. The third-order valence-electron chi connectivity index (χ3n) is 0.739. The standard InChI is InChI=1S/C4H12O3P.C2H4O2.Hg/c1-3-6-8(5)7-4-2;1-2(3)4;/h5,8H,3-4H2,1-2H3;1H3,(H,3,4);/q+1;;+1/p-1. The molecule has 0 bridgehead atoms. The first-order valence-corrected chi connectivity index (χ1v) is 7.33. The molecule has 0 unspecified atom stereocenters. The Morgan fingerprint density at radius 2 is 1.69 bits per heavy atom. The molecular formula is C6H15HgO5P+. The zero-order valence-electron chi connectivity index (χ0n) is 8.20. The monoisotopic (exact) mass is 400 g/mol. The first-order chi connectivity index (χ1) is 6.08. The van der Waals surface area contributed by atoms with E-state index in [0.717, 1.165) is 0 Å². The van der Waals surface area contributed by atoms with Crippen LogP contribution in [0.25, 0.3) is 0 Å². The van der Waals surface area contributed by atoms with Crippen molar-refractivity contribution in [2.45, 2.75) is 20.8 Å². The first kappa shape index (κ1) is 16.2. The van der Waals surface area contributed by atoms with Gasteiger partial charge in [0.15, 0.2) is 0 Å². The van der Waals surface area contributed by atoms with Crippen molar-refractivity contribution in [3.8, 4) is 0 Å². The molecule has 0 atom stereocenters. The van der Waals surface area contributed by atoms with E-state index in [-0.39, 0.29) is 32.5 Å². The minimum atomic E-state index is -1.89. The molecule has 0 aromatic heterocycles. The van der Waals surface area contributed by atoms with Crippen LogP contribution in [0.15, 0.2) is 0 Å². The zero-order chi connectivity index (χ0) is 10.7. The Balaban J connectivity index is 0. The summed E-state index contributed by atoms with van der Waals surface area (Å²) in [5.74, 6) is -0.159. The quantitative estimate of drug-likeness (QED) is 0.566. The van der Waals surface area contributed by atoms with Gasteiger partial charge in [0.05, 0.1) is 13.2 Å². The van der Waals surface area contributed by atoms with E-state index < -0.39 is 8.60 Å². The molecule has 0 fully saturated rings. The summed E-state index contributed by atoms with van der Waals surface area (Å²) in [5.41, 5.74) is 0. The van der Waals surface area contributed by atoms with Crippen LogP contribution in [0, 0.1) is 0 Å². The molecule has 0 heterocycles. The largest absolute Gasteiger partial charge is 0.395 e. The van der Waals surface area contributed by atoms with Gasteiger partial charge in [-0.1, -0.05) is 0 Å². The predicted molar refractivity (Wildman–Crippen MR) is 45.6 cm³/mol. The minimum absolute atomic E-state index is 0.159. The van der Waals surface area contributed by atoms with Gasteiger partial charge in [-0.2, -0.15) is 13.9 Å². The van der Waals surface area contributed by atoms with E-state index in [1.165, 1.54) is 6.92 Å². The molecule has 0 aliphatic heterocycles. The van der Waals surface area contributed by atoms with Crippen LogP contribution in [-0.2, 0) is 43.1 Å². The Bertz CT molecular complexity index is 118. The second kappa shape index (κ2) is 12.7. The van der Waals surface area contributed by atoms with Crippen molar-refractivity contribution in [2.24, 2.45) is 0 Å². The summed E-state index contributed by atoms with van der Waals surface area (Å²) in [6, 6.07) is 0. The summed E-state index contributed by atoms with van der Waals surface area (Å²) >= 11 is 0.194. The Morgan fingerprint density at radius 3 is 1.85 bits per heavy atom. The summed E-state index contributed by atoms with van der Waals surface area (Å²) in [6.07, 6.45) is 0. The maximum atomic E-state index is 9.64. The van der Waals surface area contributed by atoms with Crippen molar-refractivity contribution in [3.05, 3.63) is 0 Å². The summed E-state index contributed by atoms with van der Waals surface area (Å²) < 4.78 is 13.7. The molecule has 0 radical (unpaired) electrons. The number of rotatable bonds is 4. The molecule has 13 heavy (non-hydrogen) atoms. The van der Waals surface area contributed by atoms with Gasteiger partial charge in [0.1, 0.15) is 0 Å². The fourth-order valence-corrected chi connectivity index (χ4v) is 0.866. The zero-order valence-corrected chi connectivity index (χ0v) is 14.7. The van der Waals surface area contributed by atoms with Crippen LogP contribution in [0.5, 0.6) is 0 Å². The van der Waals surface area contributed by atoms with Crippen LogP contribution in [0.2, 0.25) is 0 Å². The van der Waals surface area contributed by atoms with Gasteiger partial charge in [-0.3, -0.25) is 0 Å². The molecule has 0 rings (SSSR count). The summed E-state index contributed by atoms with van der Waals surface area (Å²) in [7, 11) is -1.89. The van der Waals surface area contributed by atoms with E-state index in [1.807, 2.05) is 13.8 Å². The molecule has 0 saturated carbocycles. The molecule has 7 heteroatoms. The Hall–Kier alpha value is 0.715. The molecule has 0 aliphatic rings. The second-order valence-electron chi connectivity index (χ2n) is 1.77. The number of carbonyl (C=O) groups excluding carboxylic acids is 1. The number of hydrogen-bond donors (Lipinski definition) is 1. The van der Waals surface area contributed by atoms with Crippen LogP contribution < -0.4 is 0 Å². The molecule has 0 aliphatic carbocycles. The normalized spacial score (nSPS) is 9.15. The van der Waals surface area contributed by atoms with Crippen molar-refractivity contribution in [1.82, 2.24) is 0 Å². The minimum Gasteiger partial charge on any atom is -0.194 e. The van der Waals surface area contributed by atoms with E-state index in [9.17, 15) is 4.79 Å². The molecule has 1 N–H and O–H groups in total. The van der Waals surface area contributed by atoms with Gasteiger partial charge in [0.2, 0.25) is 0 Å². The van der Waals surface area contributed by atoms with Gasteiger partial charge >= 0.3 is 55.5 Å². The predicted octanol–water partition coefficient (Wildman–Crippen LogP) is 1.02. The molecule has 0 spiro atoms. The van der Waals surface area contributed by atoms with Crippen molar-refractivity contribution < 1.29 is 48.0 Å². The van der Waals surface area contributed by atoms with Gasteiger partial charge in [-0.05, 0) is 13.8 Å². The molecule has 75 valence electrons. The molecule has 0 aromatic rings. The third kappa shape index (κ3) is 19.2. The Morgan fingerprint density at radius 1 is 1.38 bits per heavy atom. The van der Waals surface area contributed by atoms with Crippen LogP contribution in [-0.4, -0.2) is 24.1 Å². The maximum absolute atomic E-state index is 9.64. The SMILES string of the molecule is CC(=O)[O][Hg].CCO[PH+](O)OCC. The Labute approximate surface area is 96.4 Å². The summed E-state index contributed by atoms with van der Waals surface area (Å²) in [4.78, 5) is 18.3. The van der Waals surface area contributed by atoms with Crippen LogP contribution >= 0.6 is 8.60 Å². The van der Waals surface area contributed by atoms with E-state index in [0.29, 0.717) is 13.2 Å². The van der Waals surface area contributed by atoms with Crippen LogP contribution in [0.1, 0.15) is 20.8 Å². The Kier molecular flexibility index (Phi) is 15.8. The van der Waals surface area contributed by atoms with Crippen molar-refractivity contribution in [1.29, 1.82) is 0 Å². The van der Waals surface area contributed by atoms with Gasteiger partial charge < -0.3 is 0 Å². The molecule has 0 aromatic carbocycles. The maximum Gasteiger partial charge on any atom is 0.395 e. The fraction of sp³-hybridized carbons (Fsp3) is 0.833. The smallest absolute Gasteiger partial charge is 0.194 e.